The van der Waals surface area contributed by atoms with E-state index in [0.717, 1.165) is 29.6 Å². The number of anilines is 1. The van der Waals surface area contributed by atoms with E-state index in [-0.39, 0.29) is 5.41 Å². The van der Waals surface area contributed by atoms with Crippen molar-refractivity contribution in [2.24, 2.45) is 0 Å². The van der Waals surface area contributed by atoms with E-state index < -0.39 is 0 Å². The molecule has 0 amide bonds. The number of rotatable bonds is 4. The van der Waals surface area contributed by atoms with E-state index in [1.165, 1.54) is 0 Å². The Hall–Kier alpha value is -1.97. The largest absolute Gasteiger partial charge is 0.370 e. The van der Waals surface area contributed by atoms with Crippen molar-refractivity contribution < 1.29 is 0 Å². The van der Waals surface area contributed by atoms with Crippen LogP contribution >= 0.6 is 0 Å². The Balaban J connectivity index is 2.34. The quantitative estimate of drug-likeness (QED) is 0.927. The normalized spacial score (nSPS) is 11.4. The van der Waals surface area contributed by atoms with Gasteiger partial charge in [-0.1, -0.05) is 26.8 Å². The third-order valence-electron chi connectivity index (χ3n) is 2.96. The van der Waals surface area contributed by atoms with E-state index in [2.05, 4.69) is 43.0 Å². The molecule has 0 unspecified atom stereocenters. The monoisotopic (exact) mass is 270 g/mol. The molecule has 0 bridgehead atoms. The van der Waals surface area contributed by atoms with Crippen molar-refractivity contribution in [3.05, 3.63) is 47.7 Å². The van der Waals surface area contributed by atoms with Gasteiger partial charge in [0.2, 0.25) is 0 Å². The third-order valence-corrected chi connectivity index (χ3v) is 2.96. The van der Waals surface area contributed by atoms with Gasteiger partial charge >= 0.3 is 0 Å². The summed E-state index contributed by atoms with van der Waals surface area (Å²) in [5.74, 6) is 1.70. The van der Waals surface area contributed by atoms with Crippen molar-refractivity contribution in [3.63, 3.8) is 0 Å². The zero-order valence-corrected chi connectivity index (χ0v) is 12.6. The Kier molecular flexibility index (Phi) is 4.32. The van der Waals surface area contributed by atoms with Crippen molar-refractivity contribution in [1.82, 2.24) is 15.0 Å². The van der Waals surface area contributed by atoms with Crippen molar-refractivity contribution in [1.29, 1.82) is 0 Å². The number of nitrogens with one attached hydrogen (secondary N) is 1. The van der Waals surface area contributed by atoms with E-state index >= 15 is 0 Å². The molecule has 0 fully saturated rings. The molecule has 0 aliphatic carbocycles. The predicted molar refractivity (Wildman–Crippen MR) is 81.9 cm³/mol. The molecule has 2 aromatic rings. The highest BCUT2D eigenvalue weighted by atomic mass is 15.0. The van der Waals surface area contributed by atoms with Crippen LogP contribution in [0.2, 0.25) is 0 Å². The first-order valence-corrected chi connectivity index (χ1v) is 7.01. The summed E-state index contributed by atoms with van der Waals surface area (Å²) in [7, 11) is 0. The summed E-state index contributed by atoms with van der Waals surface area (Å²) in [6.07, 6.45) is 2.46. The van der Waals surface area contributed by atoms with E-state index in [4.69, 9.17) is 4.98 Å². The maximum Gasteiger partial charge on any atom is 0.136 e. The molecule has 2 aromatic heterocycles. The van der Waals surface area contributed by atoms with Gasteiger partial charge in [0.05, 0.1) is 12.1 Å². The molecule has 0 spiro atoms. The lowest BCUT2D eigenvalue weighted by molar-refractivity contribution is 0.563. The SMILES string of the molecule is CCNc1cc(C(C)(C)C)nc(Cc2ccccn2)n1. The van der Waals surface area contributed by atoms with E-state index in [1.54, 1.807) is 6.20 Å². The zero-order valence-electron chi connectivity index (χ0n) is 12.6. The fourth-order valence-electron chi connectivity index (χ4n) is 1.90. The second kappa shape index (κ2) is 5.99. The topological polar surface area (TPSA) is 50.7 Å². The number of hydrogen-bond acceptors (Lipinski definition) is 4. The van der Waals surface area contributed by atoms with E-state index in [0.29, 0.717) is 6.42 Å². The van der Waals surface area contributed by atoms with Gasteiger partial charge in [0.25, 0.3) is 0 Å². The van der Waals surface area contributed by atoms with E-state index in [9.17, 15) is 0 Å². The zero-order chi connectivity index (χ0) is 14.6. The van der Waals surface area contributed by atoms with Crippen molar-refractivity contribution in [3.8, 4) is 0 Å². The summed E-state index contributed by atoms with van der Waals surface area (Å²) < 4.78 is 0. The Bertz CT molecular complexity index is 558. The number of pyridine rings is 1. The number of nitrogens with zero attached hydrogens (tertiary/aromatic N) is 3. The first-order chi connectivity index (χ1) is 9.49. The standard InChI is InChI=1S/C16H22N4/c1-5-17-14-11-13(16(2,3)4)19-15(20-14)10-12-8-6-7-9-18-12/h6-9,11H,5,10H2,1-4H3,(H,17,19,20). The van der Waals surface area contributed by atoms with Crippen LogP contribution in [-0.4, -0.2) is 21.5 Å². The van der Waals surface area contributed by atoms with Crippen LogP contribution in [0.3, 0.4) is 0 Å². The molecule has 0 radical (unpaired) electrons. The molecule has 0 saturated carbocycles. The summed E-state index contributed by atoms with van der Waals surface area (Å²) in [6.45, 7) is 9.40. The maximum atomic E-state index is 4.69. The molecule has 2 heterocycles. The first-order valence-electron chi connectivity index (χ1n) is 7.01. The lowest BCUT2D eigenvalue weighted by Gasteiger charge is -2.19. The van der Waals surface area contributed by atoms with Gasteiger partial charge in [-0.25, -0.2) is 9.97 Å². The van der Waals surface area contributed by atoms with Crippen molar-refractivity contribution in [2.45, 2.75) is 39.5 Å². The minimum absolute atomic E-state index is 0.00593. The molecule has 2 rings (SSSR count). The van der Waals surface area contributed by atoms with Gasteiger partial charge in [-0.3, -0.25) is 4.98 Å². The van der Waals surface area contributed by atoms with Crippen LogP contribution in [0.25, 0.3) is 0 Å². The molecule has 4 heteroatoms. The second-order valence-corrected chi connectivity index (χ2v) is 5.83. The Labute approximate surface area is 120 Å². The highest BCUT2D eigenvalue weighted by molar-refractivity contribution is 5.38. The van der Waals surface area contributed by atoms with Gasteiger partial charge in [0.1, 0.15) is 11.6 Å². The summed E-state index contributed by atoms with van der Waals surface area (Å²) in [5.41, 5.74) is 2.04. The van der Waals surface area contributed by atoms with Crippen molar-refractivity contribution in [2.75, 3.05) is 11.9 Å². The third kappa shape index (κ3) is 3.76. The molecular weight excluding hydrogens is 248 g/mol. The van der Waals surface area contributed by atoms with Crippen LogP contribution in [0.5, 0.6) is 0 Å². The highest BCUT2D eigenvalue weighted by Gasteiger charge is 2.18. The van der Waals surface area contributed by atoms with Gasteiger partial charge in [0.15, 0.2) is 0 Å². The summed E-state index contributed by atoms with van der Waals surface area (Å²) in [6, 6.07) is 7.94. The van der Waals surface area contributed by atoms with Crippen LogP contribution in [-0.2, 0) is 11.8 Å². The fourth-order valence-corrected chi connectivity index (χ4v) is 1.90. The molecular formula is C16H22N4. The Morgan fingerprint density at radius 3 is 2.55 bits per heavy atom. The van der Waals surface area contributed by atoms with Crippen LogP contribution < -0.4 is 5.32 Å². The molecule has 0 aliphatic heterocycles. The lowest BCUT2D eigenvalue weighted by atomic mass is 9.92. The molecule has 4 nitrogen and oxygen atoms in total. The second-order valence-electron chi connectivity index (χ2n) is 5.83. The van der Waals surface area contributed by atoms with E-state index in [1.807, 2.05) is 24.3 Å². The van der Waals surface area contributed by atoms with Gasteiger partial charge < -0.3 is 5.32 Å². The Morgan fingerprint density at radius 2 is 1.95 bits per heavy atom. The molecule has 0 saturated heterocycles. The Morgan fingerprint density at radius 1 is 1.15 bits per heavy atom. The summed E-state index contributed by atoms with van der Waals surface area (Å²) in [4.78, 5) is 13.6. The fraction of sp³-hybridized carbons (Fsp3) is 0.438. The molecule has 0 aromatic carbocycles. The van der Waals surface area contributed by atoms with Crippen molar-refractivity contribution >= 4 is 5.82 Å². The van der Waals surface area contributed by atoms with Crippen LogP contribution in [0, 0.1) is 0 Å². The average molecular weight is 270 g/mol. The minimum atomic E-state index is 0.00593. The molecule has 0 aliphatic rings. The van der Waals surface area contributed by atoms with Crippen LogP contribution in [0.1, 0.15) is 44.9 Å². The molecule has 20 heavy (non-hydrogen) atoms. The van der Waals surface area contributed by atoms with Crippen LogP contribution in [0.4, 0.5) is 5.82 Å². The first kappa shape index (κ1) is 14.4. The predicted octanol–water partition coefficient (Wildman–Crippen LogP) is 3.19. The van der Waals surface area contributed by atoms with Gasteiger partial charge in [-0.2, -0.15) is 0 Å². The maximum absolute atomic E-state index is 4.69. The summed E-state index contributed by atoms with van der Waals surface area (Å²) in [5, 5.41) is 3.27. The van der Waals surface area contributed by atoms with Gasteiger partial charge in [0, 0.05) is 29.9 Å². The minimum Gasteiger partial charge on any atom is -0.370 e. The van der Waals surface area contributed by atoms with Crippen LogP contribution in [0.15, 0.2) is 30.5 Å². The lowest BCUT2D eigenvalue weighted by Crippen LogP contribution is -2.17. The number of hydrogen-bond donors (Lipinski definition) is 1. The van der Waals surface area contributed by atoms with Gasteiger partial charge in [-0.15, -0.1) is 0 Å². The highest BCUT2D eigenvalue weighted by Crippen LogP contribution is 2.22. The smallest absolute Gasteiger partial charge is 0.136 e. The summed E-state index contributed by atoms with van der Waals surface area (Å²) >= 11 is 0. The molecule has 106 valence electrons. The molecule has 0 atom stereocenters. The average Bonchev–Trinajstić information content (AvgIpc) is 2.39. The number of aromatic nitrogens is 3. The molecule has 1 N–H and O–H groups in total. The van der Waals surface area contributed by atoms with Gasteiger partial charge in [-0.05, 0) is 19.1 Å².